The zero-order valence-corrected chi connectivity index (χ0v) is 10.00. The van der Waals surface area contributed by atoms with Crippen molar-refractivity contribution in [2.75, 3.05) is 5.33 Å². The van der Waals surface area contributed by atoms with Gasteiger partial charge >= 0.3 is 0 Å². The van der Waals surface area contributed by atoms with Crippen molar-refractivity contribution in [2.45, 2.75) is 44.9 Å². The van der Waals surface area contributed by atoms with Crippen molar-refractivity contribution >= 4 is 24.0 Å². The highest BCUT2D eigenvalue weighted by Crippen LogP contribution is 2.19. The molecule has 0 aromatic carbocycles. The van der Waals surface area contributed by atoms with Crippen LogP contribution < -0.4 is 0 Å². The summed E-state index contributed by atoms with van der Waals surface area (Å²) in [7, 11) is -0.754. The van der Waals surface area contributed by atoms with Crippen LogP contribution in [0.1, 0.15) is 19.8 Å². The van der Waals surface area contributed by atoms with E-state index in [1.165, 1.54) is 30.3 Å². The number of hydrogen-bond donors (Lipinski definition) is 0. The minimum absolute atomic E-state index is 0.754. The Morgan fingerprint density at radius 2 is 1.80 bits per heavy atom. The van der Waals surface area contributed by atoms with Crippen LogP contribution in [-0.2, 0) is 0 Å². The van der Waals surface area contributed by atoms with E-state index in [9.17, 15) is 0 Å². The summed E-state index contributed by atoms with van der Waals surface area (Å²) in [6.45, 7) is 7.29. The van der Waals surface area contributed by atoms with E-state index in [0.29, 0.717) is 0 Å². The van der Waals surface area contributed by atoms with Crippen LogP contribution in [0.15, 0.2) is 0 Å². The van der Waals surface area contributed by atoms with E-state index in [-0.39, 0.29) is 0 Å². The summed E-state index contributed by atoms with van der Waals surface area (Å²) < 4.78 is 0. The van der Waals surface area contributed by atoms with Crippen molar-refractivity contribution in [2.24, 2.45) is 0 Å². The summed E-state index contributed by atoms with van der Waals surface area (Å²) in [6.07, 6.45) is 2.75. The topological polar surface area (TPSA) is 0 Å². The Balaban J connectivity index is 3.42. The maximum atomic E-state index is 3.48. The Labute approximate surface area is 74.5 Å². The van der Waals surface area contributed by atoms with Crippen LogP contribution >= 0.6 is 15.9 Å². The van der Waals surface area contributed by atoms with Crippen LogP contribution in [-0.4, -0.2) is 13.4 Å². The molecule has 2 heteroatoms. The summed E-state index contributed by atoms with van der Waals surface area (Å²) in [6, 6.07) is 2.99. The average Bonchev–Trinajstić information content (AvgIpc) is 1.84. The van der Waals surface area contributed by atoms with Gasteiger partial charge in [-0.05, 0) is 6.42 Å². The number of rotatable bonds is 5. The van der Waals surface area contributed by atoms with Crippen LogP contribution in [0, 0.1) is 0 Å². The summed E-state index contributed by atoms with van der Waals surface area (Å²) in [5.41, 5.74) is 0. The second-order valence-electron chi connectivity index (χ2n) is 3.71. The van der Waals surface area contributed by atoms with Crippen LogP contribution in [0.4, 0.5) is 0 Å². The van der Waals surface area contributed by atoms with Gasteiger partial charge in [0.15, 0.2) is 0 Å². The van der Waals surface area contributed by atoms with Gasteiger partial charge in [-0.1, -0.05) is 54.5 Å². The molecule has 62 valence electrons. The monoisotopic (exact) mass is 222 g/mol. The fourth-order valence-electron chi connectivity index (χ4n) is 1.35. The third kappa shape index (κ3) is 5.48. The van der Waals surface area contributed by atoms with E-state index in [2.05, 4.69) is 35.9 Å². The number of halogens is 1. The van der Waals surface area contributed by atoms with Crippen LogP contribution in [0.25, 0.3) is 0 Å². The fraction of sp³-hybridized carbons (Fsp3) is 1.00. The van der Waals surface area contributed by atoms with E-state index in [4.69, 9.17) is 0 Å². The Bertz CT molecular complexity index is 81.3. The van der Waals surface area contributed by atoms with Gasteiger partial charge in [-0.15, -0.1) is 0 Å². The molecular weight excluding hydrogens is 204 g/mol. The lowest BCUT2D eigenvalue weighted by Crippen LogP contribution is -2.24. The molecule has 0 unspecified atom stereocenters. The predicted molar refractivity (Wildman–Crippen MR) is 55.8 cm³/mol. The maximum Gasteiger partial charge on any atom is 0.0473 e. The van der Waals surface area contributed by atoms with Gasteiger partial charge in [0.1, 0.15) is 0 Å². The molecule has 0 amide bonds. The van der Waals surface area contributed by atoms with E-state index in [1.807, 2.05) is 0 Å². The molecule has 0 atom stereocenters. The highest BCUT2D eigenvalue weighted by Gasteiger charge is 2.17. The normalized spacial score (nSPS) is 12.0. The molecule has 0 radical (unpaired) electrons. The largest absolute Gasteiger partial charge is 0.0928 e. The van der Waals surface area contributed by atoms with Crippen LogP contribution in [0.3, 0.4) is 0 Å². The Hall–Kier alpha value is 0.697. The molecule has 0 N–H and O–H groups in total. The summed E-state index contributed by atoms with van der Waals surface area (Å²) in [4.78, 5) is 0. The van der Waals surface area contributed by atoms with Gasteiger partial charge in [-0.3, -0.25) is 0 Å². The first kappa shape index (κ1) is 10.7. The first-order valence-corrected chi connectivity index (χ1v) is 8.72. The molecule has 0 bridgehead atoms. The highest BCUT2D eigenvalue weighted by atomic mass is 79.9. The molecule has 0 aliphatic carbocycles. The molecule has 0 heterocycles. The molecule has 0 aliphatic heterocycles. The quantitative estimate of drug-likeness (QED) is 0.490. The summed E-state index contributed by atoms with van der Waals surface area (Å²) in [5, 5.41) is 1.19. The molecule has 0 aliphatic rings. The first-order valence-electron chi connectivity index (χ1n) is 4.18. The van der Waals surface area contributed by atoms with E-state index < -0.39 is 8.07 Å². The minimum Gasteiger partial charge on any atom is -0.0928 e. The van der Waals surface area contributed by atoms with Crippen molar-refractivity contribution < 1.29 is 0 Å². The van der Waals surface area contributed by atoms with Crippen LogP contribution in [0.5, 0.6) is 0 Å². The molecule has 0 nitrogen and oxygen atoms in total. The minimum atomic E-state index is -0.754. The molecule has 0 saturated heterocycles. The molecule has 0 saturated carbocycles. The molecule has 0 rings (SSSR count). The standard InChI is InChI=1S/C8H19BrSi/c1-4-7-10(2,3)8-5-6-9/h4-8H2,1-3H3. The molecule has 10 heavy (non-hydrogen) atoms. The summed E-state index contributed by atoms with van der Waals surface area (Å²) >= 11 is 3.48. The Morgan fingerprint density at radius 1 is 1.20 bits per heavy atom. The maximum absolute atomic E-state index is 3.48. The molecular formula is C8H19BrSi. The molecule has 0 spiro atoms. The van der Waals surface area contributed by atoms with Gasteiger partial charge in [0.05, 0.1) is 0 Å². The van der Waals surface area contributed by atoms with E-state index in [1.54, 1.807) is 0 Å². The van der Waals surface area contributed by atoms with Gasteiger partial charge in [-0.2, -0.15) is 0 Å². The number of hydrogen-bond acceptors (Lipinski definition) is 0. The second kappa shape index (κ2) is 5.36. The Morgan fingerprint density at radius 3 is 2.20 bits per heavy atom. The van der Waals surface area contributed by atoms with Crippen molar-refractivity contribution in [3.05, 3.63) is 0 Å². The first-order chi connectivity index (χ1) is 4.62. The highest BCUT2D eigenvalue weighted by molar-refractivity contribution is 9.09. The van der Waals surface area contributed by atoms with Crippen molar-refractivity contribution in [1.82, 2.24) is 0 Å². The van der Waals surface area contributed by atoms with Gasteiger partial charge in [0.25, 0.3) is 0 Å². The molecule has 0 aromatic rings. The fourth-order valence-corrected chi connectivity index (χ4v) is 4.88. The van der Waals surface area contributed by atoms with Crippen LogP contribution in [0.2, 0.25) is 25.2 Å². The van der Waals surface area contributed by atoms with Gasteiger partial charge in [0, 0.05) is 13.4 Å². The second-order valence-corrected chi connectivity index (χ2v) is 9.83. The average molecular weight is 223 g/mol. The van der Waals surface area contributed by atoms with Gasteiger partial charge in [0.2, 0.25) is 0 Å². The number of alkyl halides is 1. The van der Waals surface area contributed by atoms with E-state index >= 15 is 0 Å². The molecule has 0 fully saturated rings. The summed E-state index contributed by atoms with van der Waals surface area (Å²) in [5.74, 6) is 0. The third-order valence-corrected chi connectivity index (χ3v) is 6.04. The smallest absolute Gasteiger partial charge is 0.0473 e. The zero-order chi connectivity index (χ0) is 8.04. The van der Waals surface area contributed by atoms with Crippen molar-refractivity contribution in [3.63, 3.8) is 0 Å². The molecule has 0 aromatic heterocycles. The lowest BCUT2D eigenvalue weighted by molar-refractivity contribution is 0.992. The third-order valence-electron chi connectivity index (χ3n) is 1.91. The van der Waals surface area contributed by atoms with Crippen molar-refractivity contribution in [1.29, 1.82) is 0 Å². The van der Waals surface area contributed by atoms with Gasteiger partial charge < -0.3 is 0 Å². The van der Waals surface area contributed by atoms with Crippen molar-refractivity contribution in [3.8, 4) is 0 Å². The predicted octanol–water partition coefficient (Wildman–Crippen LogP) is 3.89. The van der Waals surface area contributed by atoms with Gasteiger partial charge in [-0.25, -0.2) is 0 Å². The lowest BCUT2D eigenvalue weighted by Gasteiger charge is -2.20. The SMILES string of the molecule is CCC[Si](C)(C)CCCBr. The zero-order valence-electron chi connectivity index (χ0n) is 7.41. The Kier molecular flexibility index (Phi) is 5.73. The lowest BCUT2D eigenvalue weighted by atomic mass is 10.6. The van der Waals surface area contributed by atoms with E-state index in [0.717, 1.165) is 0 Å².